The molecule has 0 aliphatic rings. The van der Waals surface area contributed by atoms with Gasteiger partial charge in [0, 0.05) is 0 Å². The molecule has 0 saturated carbocycles. The minimum absolute atomic E-state index is 0.212. The van der Waals surface area contributed by atoms with E-state index in [1.807, 2.05) is 26.2 Å². The zero-order valence-electron chi connectivity index (χ0n) is 11.8. The van der Waals surface area contributed by atoms with Crippen LogP contribution in [0.1, 0.15) is 22.5 Å². The fourth-order valence-electron chi connectivity index (χ4n) is 1.66. The van der Waals surface area contributed by atoms with Crippen molar-refractivity contribution >= 4 is 35.2 Å². The van der Waals surface area contributed by atoms with Crippen molar-refractivity contribution in [3.05, 3.63) is 34.9 Å². The van der Waals surface area contributed by atoms with E-state index in [4.69, 9.17) is 0 Å². The van der Waals surface area contributed by atoms with Gasteiger partial charge in [-0.2, -0.15) is 0 Å². The SMILES string of the molecule is Cc1ncc([Se][Se]c2cnc(C)c(O)c2C)c(C)c1O. The van der Waals surface area contributed by atoms with Crippen molar-refractivity contribution in [2.75, 3.05) is 0 Å². The minimum atomic E-state index is 0.212. The van der Waals surface area contributed by atoms with Crippen molar-refractivity contribution in [3.8, 4) is 11.5 Å². The van der Waals surface area contributed by atoms with Crippen LogP contribution >= 0.6 is 0 Å². The Labute approximate surface area is 129 Å². The summed E-state index contributed by atoms with van der Waals surface area (Å²) in [5.74, 6) is 0.587. The van der Waals surface area contributed by atoms with E-state index >= 15 is 0 Å². The van der Waals surface area contributed by atoms with Crippen LogP contribution in [0.4, 0.5) is 0 Å². The van der Waals surface area contributed by atoms with Crippen LogP contribution in [0, 0.1) is 27.7 Å². The van der Waals surface area contributed by atoms with Gasteiger partial charge in [-0.15, -0.1) is 0 Å². The zero-order valence-corrected chi connectivity index (χ0v) is 15.2. The van der Waals surface area contributed by atoms with Crippen molar-refractivity contribution in [1.82, 2.24) is 9.97 Å². The number of hydrogen-bond acceptors (Lipinski definition) is 4. The molecule has 0 radical (unpaired) electrons. The Bertz CT molecular complexity index is 603. The molecule has 0 aromatic carbocycles. The van der Waals surface area contributed by atoms with Gasteiger partial charge in [0.15, 0.2) is 0 Å². The molecular formula is C14H16N2O2Se2. The molecule has 0 fully saturated rings. The van der Waals surface area contributed by atoms with Gasteiger partial charge in [-0.25, -0.2) is 0 Å². The Hall–Kier alpha value is -1.06. The topological polar surface area (TPSA) is 66.2 Å². The summed E-state index contributed by atoms with van der Waals surface area (Å²) in [5, 5.41) is 19.8. The van der Waals surface area contributed by atoms with Gasteiger partial charge < -0.3 is 0 Å². The fourth-order valence-corrected chi connectivity index (χ4v) is 8.99. The van der Waals surface area contributed by atoms with E-state index < -0.39 is 0 Å². The zero-order chi connectivity index (χ0) is 14.9. The summed E-state index contributed by atoms with van der Waals surface area (Å²) in [6.07, 6.45) is 3.70. The standard InChI is InChI=1S/C14H16N2O2Se2/c1-7-11(5-15-9(3)13(7)17)19-20-12-6-16-10(4)14(18)8(12)2/h5-6,17-18H,1-4H3. The van der Waals surface area contributed by atoms with Crippen LogP contribution < -0.4 is 8.92 Å². The maximum absolute atomic E-state index is 9.92. The molecule has 0 aliphatic heterocycles. The first kappa shape index (κ1) is 15.3. The first-order valence-corrected chi connectivity index (χ1v) is 12.1. The summed E-state index contributed by atoms with van der Waals surface area (Å²) >= 11 is 0.423. The summed E-state index contributed by atoms with van der Waals surface area (Å²) in [5.41, 5.74) is 3.17. The van der Waals surface area contributed by atoms with E-state index in [0.29, 0.717) is 22.9 Å². The van der Waals surface area contributed by atoms with Crippen LogP contribution in [0.2, 0.25) is 0 Å². The van der Waals surface area contributed by atoms with Gasteiger partial charge in [0.05, 0.1) is 0 Å². The first-order valence-electron chi connectivity index (χ1n) is 6.06. The Morgan fingerprint density at radius 1 is 0.750 bits per heavy atom. The summed E-state index contributed by atoms with van der Waals surface area (Å²) < 4.78 is 2.22. The van der Waals surface area contributed by atoms with E-state index in [-0.39, 0.29) is 26.3 Å². The van der Waals surface area contributed by atoms with Gasteiger partial charge in [-0.3, -0.25) is 0 Å². The monoisotopic (exact) mass is 404 g/mol. The molecular weight excluding hydrogens is 386 g/mol. The molecule has 0 spiro atoms. The molecule has 0 bridgehead atoms. The molecule has 2 N–H and O–H groups in total. The molecule has 106 valence electrons. The molecule has 20 heavy (non-hydrogen) atoms. The van der Waals surface area contributed by atoms with Crippen molar-refractivity contribution in [1.29, 1.82) is 0 Å². The maximum atomic E-state index is 9.92. The third kappa shape index (κ3) is 2.99. The van der Waals surface area contributed by atoms with Gasteiger partial charge in [0.25, 0.3) is 0 Å². The summed E-state index contributed by atoms with van der Waals surface area (Å²) in [6, 6.07) is 0. The van der Waals surface area contributed by atoms with E-state index in [1.165, 1.54) is 0 Å². The summed E-state index contributed by atoms with van der Waals surface area (Å²) in [7, 11) is 0. The van der Waals surface area contributed by atoms with Crippen LogP contribution in [-0.2, 0) is 0 Å². The second kappa shape index (κ2) is 6.15. The molecule has 2 aromatic heterocycles. The average Bonchev–Trinajstić information content (AvgIpc) is 2.43. The van der Waals surface area contributed by atoms with Gasteiger partial charge in [0.2, 0.25) is 0 Å². The predicted octanol–water partition coefficient (Wildman–Crippen LogP) is 0.396. The van der Waals surface area contributed by atoms with Crippen molar-refractivity contribution < 1.29 is 10.2 Å². The van der Waals surface area contributed by atoms with E-state index in [0.717, 1.165) is 20.1 Å². The number of aromatic hydroxyl groups is 2. The van der Waals surface area contributed by atoms with Crippen molar-refractivity contribution in [2.45, 2.75) is 27.7 Å². The Kier molecular flexibility index (Phi) is 4.71. The van der Waals surface area contributed by atoms with Gasteiger partial charge >= 0.3 is 129 Å². The Morgan fingerprint density at radius 2 is 1.10 bits per heavy atom. The fraction of sp³-hybridized carbons (Fsp3) is 0.286. The third-order valence-corrected chi connectivity index (χ3v) is 10.6. The molecule has 0 aliphatic carbocycles. The number of aryl methyl sites for hydroxylation is 2. The van der Waals surface area contributed by atoms with Crippen LogP contribution in [0.25, 0.3) is 0 Å². The number of pyridine rings is 2. The van der Waals surface area contributed by atoms with Crippen LogP contribution in [-0.4, -0.2) is 46.4 Å². The van der Waals surface area contributed by atoms with Crippen LogP contribution in [0.5, 0.6) is 11.5 Å². The molecule has 2 rings (SSSR count). The second-order valence-corrected chi connectivity index (χ2v) is 10.7. The van der Waals surface area contributed by atoms with Crippen molar-refractivity contribution in [3.63, 3.8) is 0 Å². The van der Waals surface area contributed by atoms with Gasteiger partial charge in [-0.1, -0.05) is 0 Å². The molecule has 0 saturated heterocycles. The summed E-state index contributed by atoms with van der Waals surface area (Å²) in [4.78, 5) is 8.43. The molecule has 2 aromatic rings. The number of hydrogen-bond donors (Lipinski definition) is 2. The first-order chi connectivity index (χ1) is 9.41. The molecule has 0 amide bonds. The van der Waals surface area contributed by atoms with E-state index in [2.05, 4.69) is 9.97 Å². The summed E-state index contributed by atoms with van der Waals surface area (Å²) in [6.45, 7) is 7.45. The molecule has 0 atom stereocenters. The number of nitrogens with zero attached hydrogens (tertiary/aromatic N) is 2. The Morgan fingerprint density at radius 3 is 1.45 bits per heavy atom. The molecule has 6 heteroatoms. The van der Waals surface area contributed by atoms with Gasteiger partial charge in [-0.05, 0) is 0 Å². The predicted molar refractivity (Wildman–Crippen MR) is 81.5 cm³/mol. The normalized spacial score (nSPS) is 10.8. The third-order valence-electron chi connectivity index (χ3n) is 3.11. The quantitative estimate of drug-likeness (QED) is 0.730. The number of aromatic nitrogens is 2. The average molecular weight is 402 g/mol. The molecule has 4 nitrogen and oxygen atoms in total. The van der Waals surface area contributed by atoms with Crippen molar-refractivity contribution in [2.24, 2.45) is 0 Å². The van der Waals surface area contributed by atoms with E-state index in [1.54, 1.807) is 13.8 Å². The Balaban J connectivity index is 2.22. The second-order valence-electron chi connectivity index (χ2n) is 4.53. The molecule has 0 unspecified atom stereocenters. The van der Waals surface area contributed by atoms with E-state index in [9.17, 15) is 10.2 Å². The van der Waals surface area contributed by atoms with Gasteiger partial charge in [0.1, 0.15) is 0 Å². The number of rotatable bonds is 3. The van der Waals surface area contributed by atoms with Crippen LogP contribution in [0.15, 0.2) is 12.4 Å². The van der Waals surface area contributed by atoms with Crippen LogP contribution in [0.3, 0.4) is 0 Å². The molecule has 2 heterocycles.